The second-order valence-electron chi connectivity index (χ2n) is 3.51. The van der Waals surface area contributed by atoms with Crippen LogP contribution in [0.2, 0.25) is 0 Å². The van der Waals surface area contributed by atoms with Gasteiger partial charge in [0, 0.05) is 14.5 Å². The van der Waals surface area contributed by atoms with Gasteiger partial charge in [0.1, 0.15) is 0 Å². The molecule has 0 unspecified atom stereocenters. The molecule has 3 nitrogen and oxygen atoms in total. The van der Waals surface area contributed by atoms with E-state index in [1.165, 1.54) is 0 Å². The molecule has 0 atom stereocenters. The SMILES string of the molecule is CN(C)CC(=O)c1cc(Br)c(N)c(Br)c1. The number of carbonyl (C=O) groups excluding carboxylic acids is 1. The average Bonchev–Trinajstić information content (AvgIpc) is 2.12. The molecule has 0 heterocycles. The summed E-state index contributed by atoms with van der Waals surface area (Å²) in [5.74, 6) is 0.0707. The second kappa shape index (κ2) is 5.09. The zero-order valence-corrected chi connectivity index (χ0v) is 11.7. The van der Waals surface area contributed by atoms with Crippen molar-refractivity contribution in [2.45, 2.75) is 0 Å². The van der Waals surface area contributed by atoms with Crippen molar-refractivity contribution in [3.8, 4) is 0 Å². The summed E-state index contributed by atoms with van der Waals surface area (Å²) < 4.78 is 1.47. The van der Waals surface area contributed by atoms with Gasteiger partial charge in [-0.3, -0.25) is 4.79 Å². The quantitative estimate of drug-likeness (QED) is 0.682. The first-order valence-corrected chi connectivity index (χ1v) is 5.93. The van der Waals surface area contributed by atoms with E-state index in [0.29, 0.717) is 17.8 Å². The molecule has 0 bridgehead atoms. The van der Waals surface area contributed by atoms with Crippen molar-refractivity contribution in [1.29, 1.82) is 0 Å². The molecule has 0 aliphatic carbocycles. The Bertz CT molecular complexity index is 368. The molecule has 0 fully saturated rings. The Morgan fingerprint density at radius 1 is 1.33 bits per heavy atom. The largest absolute Gasteiger partial charge is 0.397 e. The number of rotatable bonds is 3. The van der Waals surface area contributed by atoms with E-state index in [1.807, 2.05) is 19.0 Å². The molecule has 0 aliphatic heterocycles. The van der Waals surface area contributed by atoms with E-state index >= 15 is 0 Å². The van der Waals surface area contributed by atoms with Crippen LogP contribution in [0.1, 0.15) is 10.4 Å². The number of hydrogen-bond donors (Lipinski definition) is 1. The first kappa shape index (κ1) is 12.7. The Labute approximate surface area is 106 Å². The van der Waals surface area contributed by atoms with Crippen molar-refractivity contribution in [3.05, 3.63) is 26.6 Å². The van der Waals surface area contributed by atoms with Crippen molar-refractivity contribution < 1.29 is 4.79 Å². The summed E-state index contributed by atoms with van der Waals surface area (Å²) in [6.07, 6.45) is 0. The summed E-state index contributed by atoms with van der Waals surface area (Å²) in [6.45, 7) is 0.392. The Kier molecular flexibility index (Phi) is 4.31. The van der Waals surface area contributed by atoms with Crippen molar-refractivity contribution in [2.24, 2.45) is 0 Å². The average molecular weight is 336 g/mol. The number of nitrogens with zero attached hydrogens (tertiary/aromatic N) is 1. The molecule has 1 aromatic carbocycles. The fourth-order valence-electron chi connectivity index (χ4n) is 1.12. The van der Waals surface area contributed by atoms with Crippen LogP contribution in [0, 0.1) is 0 Å². The monoisotopic (exact) mass is 334 g/mol. The molecule has 0 amide bonds. The van der Waals surface area contributed by atoms with Crippen molar-refractivity contribution >= 4 is 43.3 Å². The van der Waals surface area contributed by atoms with Crippen LogP contribution in [0.3, 0.4) is 0 Å². The van der Waals surface area contributed by atoms with Crippen LogP contribution in [0.4, 0.5) is 5.69 Å². The van der Waals surface area contributed by atoms with Gasteiger partial charge in [0.15, 0.2) is 5.78 Å². The Morgan fingerprint density at radius 3 is 2.20 bits per heavy atom. The molecule has 0 aliphatic rings. The van der Waals surface area contributed by atoms with Crippen molar-refractivity contribution in [2.75, 3.05) is 26.4 Å². The number of benzene rings is 1. The first-order chi connectivity index (χ1) is 6.91. The summed E-state index contributed by atoms with van der Waals surface area (Å²) in [5.41, 5.74) is 6.99. The molecule has 0 saturated carbocycles. The smallest absolute Gasteiger partial charge is 0.176 e. The lowest BCUT2D eigenvalue weighted by Gasteiger charge is -2.10. The number of ketones is 1. The standard InChI is InChI=1S/C10H12Br2N2O/c1-14(2)5-9(15)6-3-7(11)10(13)8(12)4-6/h3-4H,5,13H2,1-2H3. The van der Waals surface area contributed by atoms with Gasteiger partial charge >= 0.3 is 0 Å². The lowest BCUT2D eigenvalue weighted by molar-refractivity contribution is 0.0958. The van der Waals surface area contributed by atoms with E-state index in [0.717, 1.165) is 8.95 Å². The van der Waals surface area contributed by atoms with E-state index in [-0.39, 0.29) is 5.78 Å². The van der Waals surface area contributed by atoms with E-state index in [9.17, 15) is 4.79 Å². The Hall–Kier alpha value is -0.390. The van der Waals surface area contributed by atoms with Gasteiger partial charge in [-0.15, -0.1) is 0 Å². The topological polar surface area (TPSA) is 46.3 Å². The van der Waals surface area contributed by atoms with Gasteiger partial charge in [-0.2, -0.15) is 0 Å². The molecule has 0 aromatic heterocycles. The maximum atomic E-state index is 11.7. The van der Waals surface area contributed by atoms with Gasteiger partial charge in [0.05, 0.1) is 12.2 Å². The Balaban J connectivity index is 3.01. The second-order valence-corrected chi connectivity index (χ2v) is 5.22. The van der Waals surface area contributed by atoms with Gasteiger partial charge in [0.25, 0.3) is 0 Å². The minimum absolute atomic E-state index is 0.0707. The van der Waals surface area contributed by atoms with Crippen molar-refractivity contribution in [3.63, 3.8) is 0 Å². The highest BCUT2D eigenvalue weighted by molar-refractivity contribution is 9.11. The van der Waals surface area contributed by atoms with Crippen molar-refractivity contribution in [1.82, 2.24) is 4.90 Å². The molecule has 0 spiro atoms. The molecule has 15 heavy (non-hydrogen) atoms. The molecule has 5 heteroatoms. The molecule has 0 saturated heterocycles. The number of halogens is 2. The van der Waals surface area contributed by atoms with Crippen LogP contribution < -0.4 is 5.73 Å². The molecular formula is C10H12Br2N2O. The van der Waals surface area contributed by atoms with Gasteiger partial charge in [0.2, 0.25) is 0 Å². The third-order valence-electron chi connectivity index (χ3n) is 1.86. The minimum atomic E-state index is 0.0707. The van der Waals surface area contributed by atoms with E-state index in [1.54, 1.807) is 12.1 Å². The molecule has 2 N–H and O–H groups in total. The number of nitrogen functional groups attached to an aromatic ring is 1. The third-order valence-corrected chi connectivity index (χ3v) is 3.17. The lowest BCUT2D eigenvalue weighted by Crippen LogP contribution is -2.21. The van der Waals surface area contributed by atoms with Crippen LogP contribution in [-0.4, -0.2) is 31.3 Å². The number of likely N-dealkylation sites (N-methyl/N-ethyl adjacent to an activating group) is 1. The third kappa shape index (κ3) is 3.29. The summed E-state index contributed by atoms with van der Waals surface area (Å²) in [7, 11) is 3.72. The van der Waals surface area contributed by atoms with Gasteiger partial charge in [-0.25, -0.2) is 0 Å². The number of carbonyl (C=O) groups is 1. The molecule has 82 valence electrons. The summed E-state index contributed by atoms with van der Waals surface area (Å²) in [4.78, 5) is 13.6. The number of nitrogens with two attached hydrogens (primary N) is 1. The van der Waals surface area contributed by atoms with Crippen LogP contribution in [0.15, 0.2) is 21.1 Å². The fourth-order valence-corrected chi connectivity index (χ4v) is 2.31. The van der Waals surface area contributed by atoms with Crippen LogP contribution >= 0.6 is 31.9 Å². The number of anilines is 1. The van der Waals surface area contributed by atoms with Crippen LogP contribution in [-0.2, 0) is 0 Å². The predicted molar refractivity (Wildman–Crippen MR) is 69.1 cm³/mol. The highest BCUT2D eigenvalue weighted by Gasteiger charge is 2.11. The number of Topliss-reactive ketones (excluding diaryl/α,β-unsaturated/α-hetero) is 1. The highest BCUT2D eigenvalue weighted by atomic mass is 79.9. The summed E-state index contributed by atoms with van der Waals surface area (Å²) in [5, 5.41) is 0. The fraction of sp³-hybridized carbons (Fsp3) is 0.300. The molecule has 1 rings (SSSR count). The summed E-state index contributed by atoms with van der Waals surface area (Å²) in [6, 6.07) is 3.48. The molecule has 0 radical (unpaired) electrons. The van der Waals surface area contributed by atoms with Gasteiger partial charge in [-0.1, -0.05) is 0 Å². The van der Waals surface area contributed by atoms with E-state index in [4.69, 9.17) is 5.73 Å². The number of hydrogen-bond acceptors (Lipinski definition) is 3. The van der Waals surface area contributed by atoms with Gasteiger partial charge in [-0.05, 0) is 58.1 Å². The zero-order chi connectivity index (χ0) is 11.6. The normalized spacial score (nSPS) is 10.7. The minimum Gasteiger partial charge on any atom is -0.397 e. The van der Waals surface area contributed by atoms with E-state index in [2.05, 4.69) is 31.9 Å². The predicted octanol–water partition coefficient (Wildman–Crippen LogP) is 2.54. The first-order valence-electron chi connectivity index (χ1n) is 4.34. The van der Waals surface area contributed by atoms with Gasteiger partial charge < -0.3 is 10.6 Å². The highest BCUT2D eigenvalue weighted by Crippen LogP contribution is 2.29. The maximum Gasteiger partial charge on any atom is 0.176 e. The summed E-state index contributed by atoms with van der Waals surface area (Å²) >= 11 is 6.62. The van der Waals surface area contributed by atoms with Crippen LogP contribution in [0.5, 0.6) is 0 Å². The molecule has 1 aromatic rings. The van der Waals surface area contributed by atoms with Crippen LogP contribution in [0.25, 0.3) is 0 Å². The van der Waals surface area contributed by atoms with E-state index < -0.39 is 0 Å². The molecular weight excluding hydrogens is 324 g/mol. The lowest BCUT2D eigenvalue weighted by atomic mass is 10.1. The zero-order valence-electron chi connectivity index (χ0n) is 8.55. The maximum absolute atomic E-state index is 11.7. The Morgan fingerprint density at radius 2 is 1.80 bits per heavy atom.